The van der Waals surface area contributed by atoms with Crippen LogP contribution in [0, 0.1) is 0 Å². The molecule has 3 aromatic heterocycles. The first-order chi connectivity index (χ1) is 17.2. The first kappa shape index (κ1) is 25.2. The number of pyridine rings is 1. The van der Waals surface area contributed by atoms with Crippen LogP contribution in [-0.2, 0) is 28.5 Å². The maximum Gasteiger partial charge on any atom is 0.416 e. The predicted octanol–water partition coefficient (Wildman–Crippen LogP) is 5.09. The average molecular weight is 545 g/mol. The summed E-state index contributed by atoms with van der Waals surface area (Å²) in [5.74, 6) is -1.27. The van der Waals surface area contributed by atoms with Gasteiger partial charge < -0.3 is 9.09 Å². The lowest BCUT2D eigenvalue weighted by Crippen LogP contribution is -2.28. The molecule has 37 heavy (non-hydrogen) atoms. The van der Waals surface area contributed by atoms with Crippen LogP contribution in [0.1, 0.15) is 31.2 Å². The standard InChI is InChI=1S/C22H17F6N5O3S/c1-3-37(34,35)15-8-11(17-31-19(36-32-17)20(6-7-20)22(26,27)28)10-29-16(15)18-30-13-9-12(21(23,24)25)4-5-14(13)33(18)2/h4-5,8-10H,3,6-7H2,1-2H3. The fourth-order valence-electron chi connectivity index (χ4n) is 3.99. The van der Waals surface area contributed by atoms with Crippen LogP contribution in [0.3, 0.4) is 0 Å². The minimum atomic E-state index is -4.60. The molecule has 0 spiro atoms. The molecule has 8 nitrogen and oxygen atoms in total. The number of halogens is 6. The number of sulfone groups is 1. The Balaban J connectivity index is 1.63. The van der Waals surface area contributed by atoms with Crippen LogP contribution in [0.2, 0.25) is 0 Å². The van der Waals surface area contributed by atoms with Crippen molar-refractivity contribution in [1.82, 2.24) is 24.7 Å². The Morgan fingerprint density at radius 3 is 2.38 bits per heavy atom. The van der Waals surface area contributed by atoms with Gasteiger partial charge in [-0.05, 0) is 37.1 Å². The summed E-state index contributed by atoms with van der Waals surface area (Å²) in [6.45, 7) is 1.38. The largest absolute Gasteiger partial charge is 0.416 e. The zero-order valence-electron chi connectivity index (χ0n) is 19.1. The van der Waals surface area contributed by atoms with Gasteiger partial charge >= 0.3 is 12.4 Å². The summed E-state index contributed by atoms with van der Waals surface area (Å²) < 4.78 is 112. The van der Waals surface area contributed by atoms with Crippen LogP contribution in [0.5, 0.6) is 0 Å². The molecule has 5 rings (SSSR count). The average Bonchev–Trinajstić information content (AvgIpc) is 3.40. The topological polar surface area (TPSA) is 104 Å². The molecule has 1 aliphatic carbocycles. The molecule has 1 aromatic carbocycles. The number of imidazole rings is 1. The fourth-order valence-corrected chi connectivity index (χ4v) is 5.05. The van der Waals surface area contributed by atoms with E-state index in [0.29, 0.717) is 5.52 Å². The molecule has 4 aromatic rings. The third-order valence-electron chi connectivity index (χ3n) is 6.37. The van der Waals surface area contributed by atoms with Gasteiger partial charge in [0, 0.05) is 18.8 Å². The van der Waals surface area contributed by atoms with Crippen LogP contribution < -0.4 is 0 Å². The van der Waals surface area contributed by atoms with Gasteiger partial charge in [-0.1, -0.05) is 12.1 Å². The van der Waals surface area contributed by atoms with Gasteiger partial charge in [0.15, 0.2) is 15.7 Å². The zero-order chi connectivity index (χ0) is 27.0. The summed E-state index contributed by atoms with van der Waals surface area (Å²) in [6.07, 6.45) is -8.44. The maximum absolute atomic E-state index is 13.4. The molecule has 1 saturated carbocycles. The second-order valence-electron chi connectivity index (χ2n) is 8.67. The summed E-state index contributed by atoms with van der Waals surface area (Å²) >= 11 is 0. The zero-order valence-corrected chi connectivity index (χ0v) is 20.0. The Morgan fingerprint density at radius 2 is 1.78 bits per heavy atom. The smallest absolute Gasteiger partial charge is 0.338 e. The van der Waals surface area contributed by atoms with Gasteiger partial charge in [0.2, 0.25) is 11.7 Å². The normalized spacial score (nSPS) is 15.9. The van der Waals surface area contributed by atoms with Crippen molar-refractivity contribution in [3.63, 3.8) is 0 Å². The number of fused-ring (bicyclic) bond motifs is 1. The second-order valence-corrected chi connectivity index (χ2v) is 10.9. The number of aromatic nitrogens is 5. The quantitative estimate of drug-likeness (QED) is 0.322. The Bertz CT molecular complexity index is 1630. The number of aryl methyl sites for hydroxylation is 1. The Labute approximate surface area is 205 Å². The molecule has 0 N–H and O–H groups in total. The molecular formula is C22H17F6N5O3S. The lowest BCUT2D eigenvalue weighted by Gasteiger charge is -2.13. The Morgan fingerprint density at radius 1 is 1.08 bits per heavy atom. The van der Waals surface area contributed by atoms with E-state index in [2.05, 4.69) is 20.1 Å². The highest BCUT2D eigenvalue weighted by Gasteiger charge is 2.68. The van der Waals surface area contributed by atoms with E-state index in [1.54, 1.807) is 0 Å². The van der Waals surface area contributed by atoms with E-state index in [9.17, 15) is 34.8 Å². The molecule has 0 radical (unpaired) electrons. The van der Waals surface area contributed by atoms with Crippen molar-refractivity contribution in [2.24, 2.45) is 7.05 Å². The van der Waals surface area contributed by atoms with Gasteiger partial charge in [-0.25, -0.2) is 13.4 Å². The van der Waals surface area contributed by atoms with Crippen LogP contribution >= 0.6 is 0 Å². The third-order valence-corrected chi connectivity index (χ3v) is 8.12. The van der Waals surface area contributed by atoms with E-state index in [1.165, 1.54) is 24.6 Å². The van der Waals surface area contributed by atoms with Crippen LogP contribution in [0.4, 0.5) is 26.3 Å². The number of nitrogens with zero attached hydrogens (tertiary/aromatic N) is 5. The van der Waals surface area contributed by atoms with Gasteiger partial charge in [0.25, 0.3) is 0 Å². The van der Waals surface area contributed by atoms with Crippen molar-refractivity contribution >= 4 is 20.9 Å². The molecule has 0 saturated heterocycles. The number of alkyl halides is 6. The first-order valence-corrected chi connectivity index (χ1v) is 12.5. The maximum atomic E-state index is 13.4. The number of rotatable bonds is 5. The van der Waals surface area contributed by atoms with Gasteiger partial charge in [-0.15, -0.1) is 0 Å². The van der Waals surface area contributed by atoms with Crippen LogP contribution in [0.25, 0.3) is 33.9 Å². The molecule has 0 unspecified atom stereocenters. The van der Waals surface area contributed by atoms with Crippen LogP contribution in [-0.4, -0.2) is 45.0 Å². The third kappa shape index (κ3) is 4.04. The van der Waals surface area contributed by atoms with Gasteiger partial charge in [-0.2, -0.15) is 31.3 Å². The van der Waals surface area contributed by atoms with Crippen molar-refractivity contribution in [3.8, 4) is 22.9 Å². The monoisotopic (exact) mass is 545 g/mol. The van der Waals surface area contributed by atoms with E-state index in [4.69, 9.17) is 4.52 Å². The van der Waals surface area contributed by atoms with Gasteiger partial charge in [0.05, 0.1) is 27.2 Å². The van der Waals surface area contributed by atoms with Crippen molar-refractivity contribution < 1.29 is 39.3 Å². The molecule has 0 aliphatic heterocycles. The highest BCUT2D eigenvalue weighted by molar-refractivity contribution is 7.91. The van der Waals surface area contributed by atoms with Gasteiger partial charge in [0.1, 0.15) is 11.1 Å². The highest BCUT2D eigenvalue weighted by atomic mass is 32.2. The SMILES string of the molecule is CCS(=O)(=O)c1cc(-c2noc(C3(C(F)(F)F)CC3)n2)cnc1-c1nc2cc(C(F)(F)F)ccc2n1C. The number of hydrogen-bond donors (Lipinski definition) is 0. The fraction of sp³-hybridized carbons (Fsp3) is 0.364. The van der Waals surface area contributed by atoms with Gasteiger partial charge in [-0.3, -0.25) is 4.98 Å². The van der Waals surface area contributed by atoms with E-state index in [-0.39, 0.29) is 51.9 Å². The number of benzene rings is 1. The molecule has 196 valence electrons. The minimum Gasteiger partial charge on any atom is -0.338 e. The molecular weight excluding hydrogens is 528 g/mol. The Kier molecular flexibility index (Phi) is 5.44. The summed E-state index contributed by atoms with van der Waals surface area (Å²) in [5, 5.41) is 3.59. The molecule has 0 amide bonds. The summed E-state index contributed by atoms with van der Waals surface area (Å²) in [4.78, 5) is 11.9. The molecule has 1 aliphatic rings. The lowest BCUT2D eigenvalue weighted by atomic mass is 10.1. The van der Waals surface area contributed by atoms with E-state index < -0.39 is 39.1 Å². The summed E-state index contributed by atoms with van der Waals surface area (Å²) in [5.41, 5.74) is -3.01. The second kappa shape index (κ2) is 8.00. The first-order valence-electron chi connectivity index (χ1n) is 10.9. The molecule has 0 atom stereocenters. The molecule has 1 fully saturated rings. The minimum absolute atomic E-state index is 0.0122. The van der Waals surface area contributed by atoms with E-state index >= 15 is 0 Å². The van der Waals surface area contributed by atoms with Crippen LogP contribution in [0.15, 0.2) is 39.9 Å². The van der Waals surface area contributed by atoms with Crippen molar-refractivity contribution in [1.29, 1.82) is 0 Å². The van der Waals surface area contributed by atoms with Crippen molar-refractivity contribution in [3.05, 3.63) is 41.9 Å². The van der Waals surface area contributed by atoms with Crippen molar-refractivity contribution in [2.45, 2.75) is 42.4 Å². The van der Waals surface area contributed by atoms with E-state index in [1.807, 2.05) is 0 Å². The molecule has 3 heterocycles. The molecule has 0 bridgehead atoms. The predicted molar refractivity (Wildman–Crippen MR) is 117 cm³/mol. The molecule has 15 heteroatoms. The number of hydrogen-bond acceptors (Lipinski definition) is 7. The summed E-state index contributed by atoms with van der Waals surface area (Å²) in [6, 6.07) is 4.08. The van der Waals surface area contributed by atoms with E-state index in [0.717, 1.165) is 24.4 Å². The van der Waals surface area contributed by atoms with Crippen molar-refractivity contribution in [2.75, 3.05) is 5.75 Å². The Hall–Kier alpha value is -3.49. The lowest BCUT2D eigenvalue weighted by molar-refractivity contribution is -0.166. The highest BCUT2D eigenvalue weighted by Crippen LogP contribution is 2.58. The summed E-state index contributed by atoms with van der Waals surface area (Å²) in [7, 11) is -2.49.